The number of amides is 1. The van der Waals surface area contributed by atoms with Crippen LogP contribution in [0.4, 0.5) is 4.39 Å². The summed E-state index contributed by atoms with van der Waals surface area (Å²) >= 11 is 0. The Bertz CT molecular complexity index is 755. The minimum atomic E-state index is -3.73. The molecule has 0 bridgehead atoms. The van der Waals surface area contributed by atoms with Crippen molar-refractivity contribution in [3.63, 3.8) is 0 Å². The molecule has 0 aliphatic carbocycles. The van der Waals surface area contributed by atoms with Gasteiger partial charge in [0.25, 0.3) is 0 Å². The average molecular weight is 368 g/mol. The monoisotopic (exact) mass is 368 g/mol. The quantitative estimate of drug-likeness (QED) is 0.887. The number of piperidine rings is 1. The van der Waals surface area contributed by atoms with Crippen LogP contribution in [-0.2, 0) is 14.8 Å². The minimum absolute atomic E-state index is 0.0296. The molecule has 2 aliphatic rings. The summed E-state index contributed by atoms with van der Waals surface area (Å²) in [6.07, 6.45) is 1.99. The van der Waals surface area contributed by atoms with Crippen molar-refractivity contribution in [2.75, 3.05) is 19.6 Å². The van der Waals surface area contributed by atoms with Crippen LogP contribution in [0.2, 0.25) is 0 Å². The van der Waals surface area contributed by atoms with Crippen LogP contribution in [0.5, 0.6) is 0 Å². The summed E-state index contributed by atoms with van der Waals surface area (Å²) in [5.74, 6) is 0.227. The molecule has 2 fully saturated rings. The molecule has 1 amide bonds. The predicted molar refractivity (Wildman–Crippen MR) is 92.8 cm³/mol. The topological polar surface area (TPSA) is 66.5 Å². The molecule has 1 aromatic rings. The van der Waals surface area contributed by atoms with Crippen molar-refractivity contribution in [1.29, 1.82) is 0 Å². The van der Waals surface area contributed by atoms with Crippen molar-refractivity contribution in [3.8, 4) is 0 Å². The zero-order valence-corrected chi connectivity index (χ0v) is 15.5. The molecule has 1 atom stereocenters. The fourth-order valence-electron chi connectivity index (χ4n) is 4.19. The molecule has 1 unspecified atom stereocenters. The predicted octanol–water partition coefficient (Wildman–Crippen LogP) is 2.39. The maximum absolute atomic E-state index is 13.4. The second kappa shape index (κ2) is 6.68. The molecular weight excluding hydrogens is 343 g/mol. The third kappa shape index (κ3) is 3.31. The van der Waals surface area contributed by atoms with Crippen LogP contribution in [0, 0.1) is 23.1 Å². The smallest absolute Gasteiger partial charge is 0.243 e. The Morgan fingerprint density at radius 1 is 1.32 bits per heavy atom. The van der Waals surface area contributed by atoms with E-state index in [0.717, 1.165) is 12.5 Å². The molecule has 0 aromatic heterocycles. The fraction of sp³-hybridized carbons (Fsp3) is 0.611. The van der Waals surface area contributed by atoms with Gasteiger partial charge in [-0.05, 0) is 49.3 Å². The van der Waals surface area contributed by atoms with Crippen molar-refractivity contribution >= 4 is 15.9 Å². The third-order valence-corrected chi connectivity index (χ3v) is 7.44. The van der Waals surface area contributed by atoms with Crippen LogP contribution in [0.15, 0.2) is 29.2 Å². The van der Waals surface area contributed by atoms with Gasteiger partial charge in [0.2, 0.25) is 15.9 Å². The standard InChI is InChI=1S/C18H25FN2O3S/c1-13(2)10-14-12-20-17(22)18(14)6-8-21(9-7-18)25(23,24)16-5-3-4-15(19)11-16/h3-5,11,13-14H,6-10,12H2,1-2H3,(H,20,22). The van der Waals surface area contributed by atoms with Gasteiger partial charge in [-0.15, -0.1) is 0 Å². The highest BCUT2D eigenvalue weighted by molar-refractivity contribution is 7.89. The van der Waals surface area contributed by atoms with Gasteiger partial charge in [-0.3, -0.25) is 4.79 Å². The molecule has 2 heterocycles. The Kier molecular flexibility index (Phi) is 4.90. The van der Waals surface area contributed by atoms with Gasteiger partial charge in [0, 0.05) is 19.6 Å². The van der Waals surface area contributed by atoms with Crippen molar-refractivity contribution in [1.82, 2.24) is 9.62 Å². The first kappa shape index (κ1) is 18.3. The zero-order valence-electron chi connectivity index (χ0n) is 14.7. The molecule has 5 nitrogen and oxygen atoms in total. The maximum atomic E-state index is 13.4. The van der Waals surface area contributed by atoms with Crippen molar-refractivity contribution in [3.05, 3.63) is 30.1 Å². The lowest BCUT2D eigenvalue weighted by molar-refractivity contribution is -0.131. The highest BCUT2D eigenvalue weighted by Crippen LogP contribution is 2.45. The number of halogens is 1. The lowest BCUT2D eigenvalue weighted by atomic mass is 9.68. The maximum Gasteiger partial charge on any atom is 0.243 e. The minimum Gasteiger partial charge on any atom is -0.355 e. The number of carbonyl (C=O) groups excluding carboxylic acids is 1. The average Bonchev–Trinajstić information content (AvgIpc) is 2.84. The number of rotatable bonds is 4. The summed E-state index contributed by atoms with van der Waals surface area (Å²) in [7, 11) is -3.73. The molecule has 1 aromatic carbocycles. The molecule has 3 rings (SSSR count). The van der Waals surface area contributed by atoms with E-state index in [1.165, 1.54) is 22.5 Å². The Morgan fingerprint density at radius 3 is 2.60 bits per heavy atom. The second-order valence-electron chi connectivity index (χ2n) is 7.55. The first-order chi connectivity index (χ1) is 11.8. The Morgan fingerprint density at radius 2 is 2.00 bits per heavy atom. The van der Waals surface area contributed by atoms with Gasteiger partial charge in [0.1, 0.15) is 5.82 Å². The first-order valence-electron chi connectivity index (χ1n) is 8.80. The largest absolute Gasteiger partial charge is 0.355 e. The van der Waals surface area contributed by atoms with Gasteiger partial charge < -0.3 is 5.32 Å². The van der Waals surface area contributed by atoms with Crippen LogP contribution < -0.4 is 5.32 Å². The SMILES string of the molecule is CC(C)CC1CNC(=O)C12CCN(S(=O)(=O)c1cccc(F)c1)CC2. The fourth-order valence-corrected chi connectivity index (χ4v) is 5.66. The Hall–Kier alpha value is -1.47. The number of carbonyl (C=O) groups is 1. The number of hydrogen-bond acceptors (Lipinski definition) is 3. The molecule has 25 heavy (non-hydrogen) atoms. The highest BCUT2D eigenvalue weighted by Gasteiger charge is 2.52. The van der Waals surface area contributed by atoms with Crippen LogP contribution >= 0.6 is 0 Å². The van der Waals surface area contributed by atoms with Crippen LogP contribution in [-0.4, -0.2) is 38.3 Å². The summed E-state index contributed by atoms with van der Waals surface area (Å²) in [6, 6.07) is 5.08. The van der Waals surface area contributed by atoms with Gasteiger partial charge in [-0.25, -0.2) is 12.8 Å². The number of sulfonamides is 1. The highest BCUT2D eigenvalue weighted by atomic mass is 32.2. The van der Waals surface area contributed by atoms with Crippen molar-refractivity contribution in [2.45, 2.75) is 38.0 Å². The van der Waals surface area contributed by atoms with E-state index in [1.54, 1.807) is 0 Å². The van der Waals surface area contributed by atoms with Crippen molar-refractivity contribution < 1.29 is 17.6 Å². The molecule has 7 heteroatoms. The van der Waals surface area contributed by atoms with E-state index in [1.807, 2.05) is 0 Å². The van der Waals surface area contributed by atoms with Crippen LogP contribution in [0.25, 0.3) is 0 Å². The third-order valence-electron chi connectivity index (χ3n) is 5.55. The molecule has 2 saturated heterocycles. The Balaban J connectivity index is 1.78. The van der Waals surface area contributed by atoms with Gasteiger partial charge in [-0.1, -0.05) is 19.9 Å². The molecule has 0 saturated carbocycles. The number of nitrogens with one attached hydrogen (secondary N) is 1. The molecule has 1 N–H and O–H groups in total. The zero-order chi connectivity index (χ0) is 18.2. The van der Waals surface area contributed by atoms with E-state index in [4.69, 9.17) is 0 Å². The van der Waals surface area contributed by atoms with E-state index in [0.29, 0.717) is 38.4 Å². The lowest BCUT2D eigenvalue weighted by Crippen LogP contribution is -2.48. The van der Waals surface area contributed by atoms with Gasteiger partial charge >= 0.3 is 0 Å². The summed E-state index contributed by atoms with van der Waals surface area (Å²) in [5.41, 5.74) is -0.460. The summed E-state index contributed by atoms with van der Waals surface area (Å²) < 4.78 is 40.3. The molecule has 0 radical (unpaired) electrons. The number of nitrogens with zero attached hydrogens (tertiary/aromatic N) is 1. The first-order valence-corrected chi connectivity index (χ1v) is 10.2. The molecule has 1 spiro atoms. The van der Waals surface area contributed by atoms with E-state index < -0.39 is 21.3 Å². The molecular formula is C18H25FN2O3S. The van der Waals surface area contributed by atoms with Crippen LogP contribution in [0.1, 0.15) is 33.1 Å². The lowest BCUT2D eigenvalue weighted by Gasteiger charge is -2.40. The second-order valence-corrected chi connectivity index (χ2v) is 9.49. The van der Waals surface area contributed by atoms with E-state index >= 15 is 0 Å². The van der Waals surface area contributed by atoms with Crippen molar-refractivity contribution in [2.24, 2.45) is 17.3 Å². The normalized spacial score (nSPS) is 24.0. The van der Waals surface area contributed by atoms with Gasteiger partial charge in [0.15, 0.2) is 0 Å². The summed E-state index contributed by atoms with van der Waals surface area (Å²) in [5, 5.41) is 2.97. The summed E-state index contributed by atoms with van der Waals surface area (Å²) in [4.78, 5) is 12.5. The van der Waals surface area contributed by atoms with E-state index in [2.05, 4.69) is 19.2 Å². The van der Waals surface area contributed by atoms with E-state index in [9.17, 15) is 17.6 Å². The summed E-state index contributed by atoms with van der Waals surface area (Å²) in [6.45, 7) is 5.54. The molecule has 138 valence electrons. The number of benzene rings is 1. The number of hydrogen-bond donors (Lipinski definition) is 1. The van der Waals surface area contributed by atoms with Gasteiger partial charge in [-0.2, -0.15) is 4.31 Å². The van der Waals surface area contributed by atoms with Crippen LogP contribution in [0.3, 0.4) is 0 Å². The van der Waals surface area contributed by atoms with E-state index in [-0.39, 0.29) is 16.7 Å². The molecule has 2 aliphatic heterocycles. The van der Waals surface area contributed by atoms with Gasteiger partial charge in [0.05, 0.1) is 10.3 Å². The Labute approximate surface area is 148 Å².